The third-order valence-corrected chi connectivity index (χ3v) is 6.76. The number of hydrogen-bond donors (Lipinski definition) is 2. The number of rotatable bonds is 8. The quantitative estimate of drug-likeness (QED) is 0.333. The van der Waals surface area contributed by atoms with Crippen molar-refractivity contribution in [2.45, 2.75) is 44.2 Å². The Morgan fingerprint density at radius 3 is 2.72 bits per heavy atom. The van der Waals surface area contributed by atoms with Gasteiger partial charge in [0, 0.05) is 0 Å². The SMILES string of the molecule is CC(C)C(=O)O[C@@H]1[C@@H](CO[PH](=O)Oc2ccccc2)O[C@@](C#N)(c2ccc3c(N)ncnn23)[C@]1(C)O. The molecular formula is C23H26N5O7P. The molecular weight excluding hydrogens is 489 g/mol. The first kappa shape index (κ1) is 25.6. The summed E-state index contributed by atoms with van der Waals surface area (Å²) in [5, 5.41) is 26.2. The number of benzene rings is 1. The summed E-state index contributed by atoms with van der Waals surface area (Å²) in [6.07, 6.45) is -1.34. The van der Waals surface area contributed by atoms with Gasteiger partial charge in [-0.2, -0.15) is 10.4 Å². The number of carbonyl (C=O) groups excluding carboxylic acids is 1. The molecule has 0 amide bonds. The van der Waals surface area contributed by atoms with E-state index in [1.165, 1.54) is 23.8 Å². The number of fused-ring (bicyclic) bond motifs is 1. The van der Waals surface area contributed by atoms with Gasteiger partial charge < -0.3 is 24.8 Å². The molecule has 0 spiro atoms. The van der Waals surface area contributed by atoms with Gasteiger partial charge in [0.05, 0.1) is 18.2 Å². The first-order chi connectivity index (χ1) is 17.1. The minimum absolute atomic E-state index is 0.139. The predicted molar refractivity (Wildman–Crippen MR) is 127 cm³/mol. The second-order valence-corrected chi connectivity index (χ2v) is 9.74. The number of aromatic nitrogens is 3. The molecule has 1 aliphatic rings. The van der Waals surface area contributed by atoms with Crippen LogP contribution in [-0.4, -0.2) is 50.1 Å². The molecule has 0 aliphatic carbocycles. The highest BCUT2D eigenvalue weighted by Crippen LogP contribution is 2.49. The molecule has 1 aromatic carbocycles. The molecule has 5 atom stereocenters. The number of para-hydroxylation sites is 1. The van der Waals surface area contributed by atoms with Crippen molar-refractivity contribution in [3.8, 4) is 11.8 Å². The number of ether oxygens (including phenoxy) is 2. The van der Waals surface area contributed by atoms with Crippen LogP contribution in [0.1, 0.15) is 26.5 Å². The molecule has 2 aromatic heterocycles. The summed E-state index contributed by atoms with van der Waals surface area (Å²) in [6.45, 7) is 4.17. The van der Waals surface area contributed by atoms with E-state index < -0.39 is 50.2 Å². The monoisotopic (exact) mass is 515 g/mol. The van der Waals surface area contributed by atoms with Crippen LogP contribution >= 0.6 is 8.25 Å². The van der Waals surface area contributed by atoms with Crippen LogP contribution in [0.25, 0.3) is 5.52 Å². The van der Waals surface area contributed by atoms with E-state index in [1.54, 1.807) is 50.2 Å². The average molecular weight is 515 g/mol. The lowest BCUT2D eigenvalue weighted by Crippen LogP contribution is -2.54. The second-order valence-electron chi connectivity index (χ2n) is 8.75. The van der Waals surface area contributed by atoms with Crippen LogP contribution in [0.5, 0.6) is 5.75 Å². The molecule has 4 rings (SSSR count). The van der Waals surface area contributed by atoms with E-state index in [-0.39, 0.29) is 11.5 Å². The molecule has 0 radical (unpaired) electrons. The maximum Gasteiger partial charge on any atom is 0.367 e. The van der Waals surface area contributed by atoms with Crippen molar-refractivity contribution in [3.05, 3.63) is 54.5 Å². The lowest BCUT2D eigenvalue weighted by Gasteiger charge is -2.34. The molecule has 3 aromatic rings. The van der Waals surface area contributed by atoms with E-state index in [2.05, 4.69) is 10.1 Å². The van der Waals surface area contributed by atoms with Crippen LogP contribution in [0.3, 0.4) is 0 Å². The highest BCUT2D eigenvalue weighted by atomic mass is 31.1. The molecule has 36 heavy (non-hydrogen) atoms. The van der Waals surface area contributed by atoms with Crippen molar-refractivity contribution in [1.29, 1.82) is 5.26 Å². The van der Waals surface area contributed by atoms with Crippen molar-refractivity contribution in [2.75, 3.05) is 12.3 Å². The standard InChI is InChI=1S/C23H26N5O7P/c1-14(2)21(29)33-19-17(11-32-36(31)35-15-7-5-4-6-8-15)34-23(12-24,22(19,3)30)18-10-9-16-20(25)26-13-27-28(16)18/h4-10,13-14,17,19,30,36H,11H2,1-3H3,(H2,25,26,27)/t17-,19-,22-,23+/m1/s1. The fourth-order valence-electron chi connectivity index (χ4n) is 4.04. The molecule has 1 saturated heterocycles. The molecule has 190 valence electrons. The number of carbonyl (C=O) groups is 1. The first-order valence-electron chi connectivity index (χ1n) is 11.1. The Morgan fingerprint density at radius 2 is 2.06 bits per heavy atom. The van der Waals surface area contributed by atoms with Crippen molar-refractivity contribution in [2.24, 2.45) is 5.92 Å². The van der Waals surface area contributed by atoms with E-state index in [0.717, 1.165) is 0 Å². The zero-order valence-electron chi connectivity index (χ0n) is 19.8. The van der Waals surface area contributed by atoms with Crippen LogP contribution in [0, 0.1) is 17.2 Å². The minimum atomic E-state index is -3.05. The summed E-state index contributed by atoms with van der Waals surface area (Å²) in [4.78, 5) is 16.4. The van der Waals surface area contributed by atoms with Gasteiger partial charge in [-0.25, -0.2) is 14.1 Å². The van der Waals surface area contributed by atoms with Crippen LogP contribution < -0.4 is 10.3 Å². The third-order valence-electron chi connectivity index (χ3n) is 5.96. The molecule has 12 nitrogen and oxygen atoms in total. The summed E-state index contributed by atoms with van der Waals surface area (Å²) >= 11 is 0. The average Bonchev–Trinajstić information content (AvgIpc) is 3.37. The largest absolute Gasteiger partial charge is 0.456 e. The van der Waals surface area contributed by atoms with E-state index in [4.69, 9.17) is 24.3 Å². The lowest BCUT2D eigenvalue weighted by molar-refractivity contribution is -0.168. The normalized spacial score (nSPS) is 26.6. The molecule has 1 unspecified atom stereocenters. The third kappa shape index (κ3) is 4.42. The Balaban J connectivity index is 1.68. The fraction of sp³-hybridized carbons (Fsp3) is 0.391. The first-order valence-corrected chi connectivity index (χ1v) is 12.3. The van der Waals surface area contributed by atoms with Gasteiger partial charge in [-0.05, 0) is 31.2 Å². The molecule has 13 heteroatoms. The number of nitrogens with zero attached hydrogens (tertiary/aromatic N) is 4. The maximum atomic E-state index is 12.5. The Kier molecular flexibility index (Phi) is 7.02. The van der Waals surface area contributed by atoms with E-state index >= 15 is 0 Å². The van der Waals surface area contributed by atoms with Gasteiger partial charge in [0.1, 0.15) is 35.4 Å². The van der Waals surface area contributed by atoms with Gasteiger partial charge in [0.25, 0.3) is 0 Å². The van der Waals surface area contributed by atoms with Crippen molar-refractivity contribution < 1.29 is 33.0 Å². The smallest absolute Gasteiger partial charge is 0.367 e. The number of anilines is 1. The summed E-state index contributed by atoms with van der Waals surface area (Å²) in [7, 11) is -3.05. The zero-order chi connectivity index (χ0) is 26.1. The van der Waals surface area contributed by atoms with Gasteiger partial charge in [-0.1, -0.05) is 32.0 Å². The minimum Gasteiger partial charge on any atom is -0.456 e. The number of aliphatic hydroxyl groups is 1. The molecule has 3 N–H and O–H groups in total. The van der Waals surface area contributed by atoms with Gasteiger partial charge in [0.2, 0.25) is 5.60 Å². The Morgan fingerprint density at radius 1 is 1.33 bits per heavy atom. The van der Waals surface area contributed by atoms with Gasteiger partial charge in [-0.3, -0.25) is 9.32 Å². The molecule has 1 aliphatic heterocycles. The summed E-state index contributed by atoms with van der Waals surface area (Å²) < 4.78 is 36.2. The van der Waals surface area contributed by atoms with Crippen LogP contribution in [0.15, 0.2) is 48.8 Å². The van der Waals surface area contributed by atoms with Crippen LogP contribution in [0.4, 0.5) is 5.82 Å². The van der Waals surface area contributed by atoms with Crippen LogP contribution in [-0.2, 0) is 29.0 Å². The number of nitrogens with two attached hydrogens (primary N) is 1. The predicted octanol–water partition coefficient (Wildman–Crippen LogP) is 2.23. The van der Waals surface area contributed by atoms with Gasteiger partial charge in [0.15, 0.2) is 11.9 Å². The Labute approximate surface area is 207 Å². The summed E-state index contributed by atoms with van der Waals surface area (Å²) in [5.74, 6) is -0.655. The topological polar surface area (TPSA) is 171 Å². The molecule has 0 saturated carbocycles. The Bertz CT molecular complexity index is 1320. The van der Waals surface area contributed by atoms with E-state index in [9.17, 15) is 19.7 Å². The highest BCUT2D eigenvalue weighted by molar-refractivity contribution is 7.33. The number of nitrogen functional groups attached to an aromatic ring is 1. The number of esters is 1. The summed E-state index contributed by atoms with van der Waals surface area (Å²) in [5.41, 5.74) is 2.31. The van der Waals surface area contributed by atoms with Crippen molar-refractivity contribution in [1.82, 2.24) is 14.6 Å². The molecule has 3 heterocycles. The zero-order valence-corrected chi connectivity index (χ0v) is 20.8. The van der Waals surface area contributed by atoms with Crippen molar-refractivity contribution in [3.63, 3.8) is 0 Å². The van der Waals surface area contributed by atoms with Crippen molar-refractivity contribution >= 4 is 25.6 Å². The summed E-state index contributed by atoms with van der Waals surface area (Å²) in [6, 6.07) is 13.5. The Hall–Kier alpha value is -3.49. The molecule has 0 bridgehead atoms. The molecule has 1 fully saturated rings. The number of hydrogen-bond acceptors (Lipinski definition) is 11. The van der Waals surface area contributed by atoms with Crippen LogP contribution in [0.2, 0.25) is 0 Å². The maximum absolute atomic E-state index is 12.5. The number of nitriles is 1. The van der Waals surface area contributed by atoms with E-state index in [1.807, 2.05) is 6.07 Å². The lowest BCUT2D eigenvalue weighted by atomic mass is 9.80. The van der Waals surface area contributed by atoms with Gasteiger partial charge in [-0.15, -0.1) is 0 Å². The fourth-order valence-corrected chi connectivity index (χ4v) is 4.73. The second kappa shape index (κ2) is 9.87. The highest BCUT2D eigenvalue weighted by Gasteiger charge is 2.67. The van der Waals surface area contributed by atoms with Gasteiger partial charge >= 0.3 is 14.2 Å². The van der Waals surface area contributed by atoms with E-state index in [0.29, 0.717) is 11.3 Å².